The summed E-state index contributed by atoms with van der Waals surface area (Å²) in [6.07, 6.45) is -4.27. The maximum absolute atomic E-state index is 12.0. The van der Waals surface area contributed by atoms with Gasteiger partial charge < -0.3 is 16.2 Å². The molecule has 0 spiro atoms. The average molecular weight is 252 g/mol. The van der Waals surface area contributed by atoms with E-state index >= 15 is 0 Å². The Morgan fingerprint density at radius 1 is 1.53 bits per heavy atom. The van der Waals surface area contributed by atoms with Crippen molar-refractivity contribution in [3.63, 3.8) is 0 Å². The smallest absolute Gasteiger partial charge is 0.397 e. The first-order chi connectivity index (χ1) is 7.76. The molecule has 17 heavy (non-hydrogen) atoms. The molecule has 0 amide bonds. The molecular formula is C7H7F3N4O3. The van der Waals surface area contributed by atoms with Gasteiger partial charge in [-0.25, -0.2) is 4.98 Å². The van der Waals surface area contributed by atoms with Gasteiger partial charge in [0.15, 0.2) is 0 Å². The predicted octanol–water partition coefficient (Wildman–Crippen LogP) is 0.929. The molecule has 0 aliphatic rings. The van der Waals surface area contributed by atoms with E-state index in [4.69, 9.17) is 11.5 Å². The molecule has 0 unspecified atom stereocenters. The van der Waals surface area contributed by atoms with Crippen LogP contribution in [-0.2, 0) is 6.54 Å². The third kappa shape index (κ3) is 2.93. The summed E-state index contributed by atoms with van der Waals surface area (Å²) >= 11 is 0. The van der Waals surface area contributed by atoms with Crippen LogP contribution < -0.4 is 16.2 Å². The van der Waals surface area contributed by atoms with Crippen molar-refractivity contribution in [2.24, 2.45) is 5.73 Å². The van der Waals surface area contributed by atoms with Crippen LogP contribution in [0.3, 0.4) is 0 Å². The summed E-state index contributed by atoms with van der Waals surface area (Å²) in [5, 5.41) is 10.6. The monoisotopic (exact) mass is 252 g/mol. The van der Waals surface area contributed by atoms with E-state index in [1.807, 2.05) is 0 Å². The van der Waals surface area contributed by atoms with Crippen molar-refractivity contribution in [2.45, 2.75) is 12.9 Å². The number of hydrogen-bond donors (Lipinski definition) is 2. The van der Waals surface area contributed by atoms with Crippen LogP contribution >= 0.6 is 0 Å². The number of nitro groups is 1. The van der Waals surface area contributed by atoms with Crippen molar-refractivity contribution in [3.05, 3.63) is 21.9 Å². The molecule has 0 aliphatic carbocycles. The molecule has 0 bridgehead atoms. The van der Waals surface area contributed by atoms with E-state index in [9.17, 15) is 23.3 Å². The first kappa shape index (κ1) is 13.0. The molecule has 0 saturated heterocycles. The molecule has 1 heterocycles. The molecule has 0 radical (unpaired) electrons. The van der Waals surface area contributed by atoms with Gasteiger partial charge in [0, 0.05) is 6.54 Å². The fourth-order valence-electron chi connectivity index (χ4n) is 1.12. The minimum absolute atomic E-state index is 0.172. The van der Waals surface area contributed by atoms with Gasteiger partial charge in [-0.15, -0.1) is 13.2 Å². The Balaban J connectivity index is 3.36. The molecule has 1 rings (SSSR count). The lowest BCUT2D eigenvalue weighted by molar-refractivity contribution is -0.389. The fraction of sp³-hybridized carbons (Fsp3) is 0.286. The zero-order valence-corrected chi connectivity index (χ0v) is 8.19. The zero-order valence-electron chi connectivity index (χ0n) is 8.19. The number of halogens is 3. The number of anilines is 1. The summed E-state index contributed by atoms with van der Waals surface area (Å²) in [6, 6.07) is 0. The molecule has 4 N–H and O–H groups in total. The number of pyridine rings is 1. The molecule has 0 aromatic carbocycles. The van der Waals surface area contributed by atoms with Gasteiger partial charge in [-0.05, 0) is 0 Å². The first-order valence-electron chi connectivity index (χ1n) is 4.13. The van der Waals surface area contributed by atoms with E-state index in [1.54, 1.807) is 0 Å². The number of hydrogen-bond acceptors (Lipinski definition) is 6. The number of rotatable bonds is 3. The Kier molecular flexibility index (Phi) is 3.36. The first-order valence-corrected chi connectivity index (χ1v) is 4.13. The van der Waals surface area contributed by atoms with Crippen LogP contribution in [0, 0.1) is 10.1 Å². The Morgan fingerprint density at radius 2 is 2.12 bits per heavy atom. The highest BCUT2D eigenvalue weighted by atomic mass is 19.4. The molecule has 1 aromatic rings. The number of aromatic nitrogens is 1. The molecule has 0 saturated carbocycles. The largest absolute Gasteiger partial charge is 0.574 e. The van der Waals surface area contributed by atoms with Gasteiger partial charge in [0.1, 0.15) is 0 Å². The van der Waals surface area contributed by atoms with E-state index < -0.39 is 29.4 Å². The van der Waals surface area contributed by atoms with E-state index in [0.717, 1.165) is 6.20 Å². The van der Waals surface area contributed by atoms with Crippen molar-refractivity contribution in [1.29, 1.82) is 0 Å². The third-order valence-corrected chi connectivity index (χ3v) is 1.76. The molecule has 0 atom stereocenters. The quantitative estimate of drug-likeness (QED) is 0.610. The summed E-state index contributed by atoms with van der Waals surface area (Å²) < 4.78 is 39.3. The third-order valence-electron chi connectivity index (χ3n) is 1.76. The SMILES string of the molecule is NCc1c(N)cnc(OC(F)(F)F)c1[N+](=O)[O-]. The highest BCUT2D eigenvalue weighted by molar-refractivity contribution is 5.60. The second-order valence-corrected chi connectivity index (χ2v) is 2.85. The second-order valence-electron chi connectivity index (χ2n) is 2.85. The Bertz CT molecular complexity index is 449. The molecule has 94 valence electrons. The van der Waals surface area contributed by atoms with E-state index in [2.05, 4.69) is 9.72 Å². The molecule has 0 aliphatic heterocycles. The lowest BCUT2D eigenvalue weighted by Gasteiger charge is -2.10. The summed E-state index contributed by atoms with van der Waals surface area (Å²) in [5.41, 5.74) is 9.08. The predicted molar refractivity (Wildman–Crippen MR) is 49.9 cm³/mol. The van der Waals surface area contributed by atoms with Gasteiger partial charge >= 0.3 is 17.9 Å². The fourth-order valence-corrected chi connectivity index (χ4v) is 1.12. The molecule has 7 nitrogen and oxygen atoms in total. The zero-order chi connectivity index (χ0) is 13.2. The van der Waals surface area contributed by atoms with Crippen LogP contribution in [0.1, 0.15) is 5.56 Å². The summed E-state index contributed by atoms with van der Waals surface area (Å²) in [7, 11) is 0. The van der Waals surface area contributed by atoms with E-state index in [0.29, 0.717) is 0 Å². The number of nitrogens with two attached hydrogens (primary N) is 2. The van der Waals surface area contributed by atoms with Gasteiger partial charge in [0.05, 0.1) is 22.4 Å². The number of nitrogen functional groups attached to an aromatic ring is 1. The van der Waals surface area contributed by atoms with Gasteiger partial charge in [-0.1, -0.05) is 0 Å². The van der Waals surface area contributed by atoms with Crippen molar-refractivity contribution >= 4 is 11.4 Å². The average Bonchev–Trinajstić information content (AvgIpc) is 2.17. The minimum Gasteiger partial charge on any atom is -0.397 e. The molecule has 10 heteroatoms. The summed E-state index contributed by atoms with van der Waals surface area (Å²) in [4.78, 5) is 12.7. The van der Waals surface area contributed by atoms with Gasteiger partial charge in [0.25, 0.3) is 0 Å². The maximum Gasteiger partial charge on any atom is 0.574 e. The van der Waals surface area contributed by atoms with Crippen LogP contribution in [0.4, 0.5) is 24.5 Å². The van der Waals surface area contributed by atoms with Crippen molar-refractivity contribution in [1.82, 2.24) is 4.98 Å². The van der Waals surface area contributed by atoms with Gasteiger partial charge in [-0.3, -0.25) is 10.1 Å². The van der Waals surface area contributed by atoms with Crippen LogP contribution in [0.25, 0.3) is 0 Å². The highest BCUT2D eigenvalue weighted by Crippen LogP contribution is 2.35. The summed E-state index contributed by atoms with van der Waals surface area (Å²) in [6.45, 7) is -0.404. The van der Waals surface area contributed by atoms with Crippen molar-refractivity contribution < 1.29 is 22.8 Å². The van der Waals surface area contributed by atoms with Crippen LogP contribution in [0.5, 0.6) is 5.88 Å². The Hall–Kier alpha value is -2.10. The Labute approximate surface area is 92.3 Å². The van der Waals surface area contributed by atoms with Crippen molar-refractivity contribution in [2.75, 3.05) is 5.73 Å². The number of nitrogens with zero attached hydrogens (tertiary/aromatic N) is 2. The summed E-state index contributed by atoms with van der Waals surface area (Å²) in [5.74, 6) is -1.18. The standard InChI is InChI=1S/C7H7F3N4O3/c8-7(9,10)17-6-5(14(15)16)3(1-11)4(12)2-13-6/h2H,1,11-12H2. The van der Waals surface area contributed by atoms with Gasteiger partial charge in [-0.2, -0.15) is 0 Å². The minimum atomic E-state index is -5.08. The topological polar surface area (TPSA) is 117 Å². The Morgan fingerprint density at radius 3 is 2.53 bits per heavy atom. The van der Waals surface area contributed by atoms with Crippen LogP contribution in [-0.4, -0.2) is 16.3 Å². The molecule has 1 aromatic heterocycles. The van der Waals surface area contributed by atoms with Crippen LogP contribution in [0.15, 0.2) is 6.20 Å². The molecular weight excluding hydrogens is 245 g/mol. The number of alkyl halides is 3. The molecule has 0 fully saturated rings. The lowest BCUT2D eigenvalue weighted by Crippen LogP contribution is -2.20. The lowest BCUT2D eigenvalue weighted by atomic mass is 10.2. The maximum atomic E-state index is 12.0. The van der Waals surface area contributed by atoms with E-state index in [-0.39, 0.29) is 11.3 Å². The van der Waals surface area contributed by atoms with Crippen molar-refractivity contribution in [3.8, 4) is 5.88 Å². The van der Waals surface area contributed by atoms with Gasteiger partial charge in [0.2, 0.25) is 0 Å². The number of ether oxygens (including phenoxy) is 1. The highest BCUT2D eigenvalue weighted by Gasteiger charge is 2.37. The van der Waals surface area contributed by atoms with E-state index in [1.165, 1.54) is 0 Å². The second kappa shape index (κ2) is 4.41. The normalized spacial score (nSPS) is 11.3. The van der Waals surface area contributed by atoms with Crippen LogP contribution in [0.2, 0.25) is 0 Å².